The zero-order valence-corrected chi connectivity index (χ0v) is 10.5. The molecular weight excluding hydrogens is 272 g/mol. The minimum absolute atomic E-state index is 0.0797. The fraction of sp³-hybridized carbons (Fsp3) is 0.125. The van der Waals surface area contributed by atoms with E-state index in [1.165, 1.54) is 28.1 Å². The van der Waals surface area contributed by atoms with Gasteiger partial charge in [0.25, 0.3) is 5.91 Å². The number of amides is 1. The number of hydrogen-bond donors (Lipinski definition) is 0. The molecule has 0 spiro atoms. The van der Waals surface area contributed by atoms with Gasteiger partial charge in [-0.2, -0.15) is 10.1 Å². The first-order valence-electron chi connectivity index (χ1n) is 3.96. The van der Waals surface area contributed by atoms with Gasteiger partial charge in [0.15, 0.2) is 4.32 Å². The Hall–Kier alpha value is -0.430. The summed E-state index contributed by atoms with van der Waals surface area (Å²) in [5.41, 5.74) is 0. The molecular formula is C8H5ClN2OS3. The average Bonchev–Trinajstić information content (AvgIpc) is 2.73. The van der Waals surface area contributed by atoms with Gasteiger partial charge in [-0.1, -0.05) is 35.6 Å². The molecule has 78 valence electrons. The molecule has 0 aromatic carbocycles. The van der Waals surface area contributed by atoms with Crippen LogP contribution in [0.2, 0.25) is 4.34 Å². The number of carbonyl (C=O) groups is 1. The maximum atomic E-state index is 11.3. The van der Waals surface area contributed by atoms with Crippen LogP contribution in [0, 0.1) is 0 Å². The smallest absolute Gasteiger partial charge is 0.259 e. The lowest BCUT2D eigenvalue weighted by Gasteiger charge is -2.05. The molecule has 2 heterocycles. The number of thiophene rings is 1. The number of thioether (sulfide) groups is 1. The Labute approximate surface area is 105 Å². The summed E-state index contributed by atoms with van der Waals surface area (Å²) in [6, 6.07) is 3.62. The topological polar surface area (TPSA) is 32.7 Å². The molecule has 0 unspecified atom stereocenters. The second-order valence-corrected chi connectivity index (χ2v) is 6.00. The van der Waals surface area contributed by atoms with Crippen molar-refractivity contribution in [3.8, 4) is 0 Å². The lowest BCUT2D eigenvalue weighted by atomic mass is 10.5. The largest absolute Gasteiger partial charge is 0.272 e. The Balaban J connectivity index is 2.11. The molecule has 7 heteroatoms. The second kappa shape index (κ2) is 4.61. The third-order valence-corrected chi connectivity index (χ3v) is 4.13. The van der Waals surface area contributed by atoms with Crippen molar-refractivity contribution in [3.63, 3.8) is 0 Å². The number of thiocarbonyl (C=S) groups is 1. The van der Waals surface area contributed by atoms with E-state index in [2.05, 4.69) is 5.10 Å². The van der Waals surface area contributed by atoms with Crippen molar-refractivity contribution in [2.75, 3.05) is 5.75 Å². The molecule has 0 aliphatic carbocycles. The molecule has 0 N–H and O–H groups in total. The Kier molecular flexibility index (Phi) is 3.40. The van der Waals surface area contributed by atoms with Gasteiger partial charge in [0.1, 0.15) is 0 Å². The summed E-state index contributed by atoms with van der Waals surface area (Å²) >= 11 is 13.5. The third kappa shape index (κ3) is 2.57. The van der Waals surface area contributed by atoms with E-state index in [0.29, 0.717) is 14.4 Å². The van der Waals surface area contributed by atoms with Crippen molar-refractivity contribution in [2.45, 2.75) is 0 Å². The first kappa shape index (κ1) is 11.1. The van der Waals surface area contributed by atoms with Gasteiger partial charge in [0.2, 0.25) is 0 Å². The van der Waals surface area contributed by atoms with Crippen LogP contribution in [0.5, 0.6) is 0 Å². The lowest BCUT2D eigenvalue weighted by Crippen LogP contribution is -2.22. The Bertz CT molecular complexity index is 427. The highest BCUT2D eigenvalue weighted by atomic mass is 35.5. The molecule has 15 heavy (non-hydrogen) atoms. The Morgan fingerprint density at radius 3 is 2.93 bits per heavy atom. The van der Waals surface area contributed by atoms with Gasteiger partial charge < -0.3 is 0 Å². The van der Waals surface area contributed by atoms with E-state index in [0.717, 1.165) is 4.88 Å². The minimum Gasteiger partial charge on any atom is -0.272 e. The fourth-order valence-electron chi connectivity index (χ4n) is 0.971. The van der Waals surface area contributed by atoms with Crippen LogP contribution in [-0.4, -0.2) is 27.2 Å². The number of hydrogen-bond acceptors (Lipinski definition) is 5. The van der Waals surface area contributed by atoms with Gasteiger partial charge in [-0.25, -0.2) is 0 Å². The summed E-state index contributed by atoms with van der Waals surface area (Å²) < 4.78 is 1.19. The molecule has 1 aromatic heterocycles. The Morgan fingerprint density at radius 1 is 1.60 bits per heavy atom. The van der Waals surface area contributed by atoms with Gasteiger partial charge in [0.05, 0.1) is 16.3 Å². The van der Waals surface area contributed by atoms with Gasteiger partial charge in [-0.05, 0) is 12.1 Å². The third-order valence-electron chi connectivity index (χ3n) is 1.62. The molecule has 0 radical (unpaired) electrons. The number of carbonyl (C=O) groups excluding carboxylic acids is 1. The van der Waals surface area contributed by atoms with Crippen LogP contribution in [-0.2, 0) is 4.79 Å². The van der Waals surface area contributed by atoms with Crippen molar-refractivity contribution in [1.82, 2.24) is 5.01 Å². The summed E-state index contributed by atoms with van der Waals surface area (Å²) in [7, 11) is 0. The van der Waals surface area contributed by atoms with E-state index in [1.54, 1.807) is 12.3 Å². The monoisotopic (exact) mass is 276 g/mol. The first-order chi connectivity index (χ1) is 7.16. The summed E-state index contributed by atoms with van der Waals surface area (Å²) in [4.78, 5) is 12.2. The van der Waals surface area contributed by atoms with Crippen LogP contribution in [0.4, 0.5) is 0 Å². The number of halogens is 1. The van der Waals surface area contributed by atoms with Gasteiger partial charge >= 0.3 is 0 Å². The van der Waals surface area contributed by atoms with Crippen molar-refractivity contribution in [2.24, 2.45) is 5.10 Å². The highest BCUT2D eigenvalue weighted by Gasteiger charge is 2.25. The van der Waals surface area contributed by atoms with E-state index < -0.39 is 0 Å². The molecule has 1 fully saturated rings. The summed E-state index contributed by atoms with van der Waals surface area (Å²) in [5.74, 6) is 0.297. The highest BCUT2D eigenvalue weighted by molar-refractivity contribution is 8.23. The van der Waals surface area contributed by atoms with E-state index in [1.807, 2.05) is 6.07 Å². The molecule has 1 amide bonds. The second-order valence-electron chi connectivity index (χ2n) is 2.65. The van der Waals surface area contributed by atoms with Crippen LogP contribution in [0.1, 0.15) is 4.88 Å². The predicted molar refractivity (Wildman–Crippen MR) is 68.8 cm³/mol. The highest BCUT2D eigenvalue weighted by Crippen LogP contribution is 2.22. The van der Waals surface area contributed by atoms with Crippen LogP contribution >= 0.6 is 46.9 Å². The normalized spacial score (nSPS) is 17.0. The lowest BCUT2D eigenvalue weighted by molar-refractivity contribution is -0.123. The van der Waals surface area contributed by atoms with Crippen molar-refractivity contribution in [3.05, 3.63) is 21.3 Å². The van der Waals surface area contributed by atoms with Crippen LogP contribution in [0.15, 0.2) is 17.2 Å². The molecule has 1 saturated heterocycles. The van der Waals surface area contributed by atoms with E-state index in [4.69, 9.17) is 23.8 Å². The molecule has 2 rings (SSSR count). The fourth-order valence-corrected chi connectivity index (χ4v) is 2.87. The molecule has 0 saturated carbocycles. The summed E-state index contributed by atoms with van der Waals surface area (Å²) in [6.45, 7) is 0. The number of hydrazone groups is 1. The maximum Gasteiger partial charge on any atom is 0.259 e. The molecule has 3 nitrogen and oxygen atoms in total. The number of rotatable bonds is 2. The molecule has 0 atom stereocenters. The van der Waals surface area contributed by atoms with Gasteiger partial charge in [-0.3, -0.25) is 4.79 Å². The van der Waals surface area contributed by atoms with Gasteiger partial charge in [0, 0.05) is 4.88 Å². The van der Waals surface area contributed by atoms with E-state index in [-0.39, 0.29) is 5.91 Å². The average molecular weight is 277 g/mol. The zero-order chi connectivity index (χ0) is 10.8. The van der Waals surface area contributed by atoms with Crippen molar-refractivity contribution >= 4 is 63.4 Å². The predicted octanol–water partition coefficient (Wildman–Crippen LogP) is 2.60. The van der Waals surface area contributed by atoms with E-state index >= 15 is 0 Å². The van der Waals surface area contributed by atoms with Crippen molar-refractivity contribution in [1.29, 1.82) is 0 Å². The molecule has 1 aliphatic rings. The zero-order valence-electron chi connectivity index (χ0n) is 7.34. The SMILES string of the molecule is O=C1CSC(=S)N1/N=C/c1ccc(Cl)s1. The van der Waals surface area contributed by atoms with Crippen LogP contribution < -0.4 is 0 Å². The molecule has 1 aromatic rings. The maximum absolute atomic E-state index is 11.3. The number of nitrogens with zero attached hydrogens (tertiary/aromatic N) is 2. The molecule has 1 aliphatic heterocycles. The minimum atomic E-state index is -0.0797. The standard InChI is InChI=1S/C8H5ClN2OS3/c9-6-2-1-5(15-6)3-10-11-7(12)4-14-8(11)13/h1-3H,4H2/b10-3+. The van der Waals surface area contributed by atoms with Crippen molar-refractivity contribution < 1.29 is 4.79 Å². The summed E-state index contributed by atoms with van der Waals surface area (Å²) in [6.07, 6.45) is 1.59. The summed E-state index contributed by atoms with van der Waals surface area (Å²) in [5, 5.41) is 5.26. The van der Waals surface area contributed by atoms with Crippen LogP contribution in [0.25, 0.3) is 0 Å². The van der Waals surface area contributed by atoms with E-state index in [9.17, 15) is 4.79 Å². The first-order valence-corrected chi connectivity index (χ1v) is 6.54. The quantitative estimate of drug-likeness (QED) is 0.615. The van der Waals surface area contributed by atoms with Crippen LogP contribution in [0.3, 0.4) is 0 Å². The molecule has 0 bridgehead atoms. The Morgan fingerprint density at radius 2 is 2.40 bits per heavy atom. The van der Waals surface area contributed by atoms with Gasteiger partial charge in [-0.15, -0.1) is 11.3 Å².